The number of nitrogens with one attached hydrogen (secondary N) is 1. The molecule has 28 heavy (non-hydrogen) atoms. The highest BCUT2D eigenvalue weighted by atomic mass is 127. The fraction of sp³-hybridized carbons (Fsp3) is 0.400. The van der Waals surface area contributed by atoms with Crippen molar-refractivity contribution in [3.05, 3.63) is 48.2 Å². The minimum absolute atomic E-state index is 0. The van der Waals surface area contributed by atoms with Crippen LogP contribution in [0.5, 0.6) is 11.6 Å². The SMILES string of the molecule is CN=C(NCc1cccc(OC)n1)N1CCN(c2cccc(OC)c2)CC1.I. The highest BCUT2D eigenvalue weighted by Gasteiger charge is 2.20. The number of aromatic nitrogens is 1. The van der Waals surface area contributed by atoms with Crippen LogP contribution in [0.3, 0.4) is 0 Å². The molecule has 0 saturated carbocycles. The molecule has 7 nitrogen and oxygen atoms in total. The molecule has 0 spiro atoms. The van der Waals surface area contributed by atoms with Crippen molar-refractivity contribution in [3.8, 4) is 11.6 Å². The van der Waals surface area contributed by atoms with Crippen LogP contribution in [0.1, 0.15) is 5.69 Å². The van der Waals surface area contributed by atoms with E-state index in [1.807, 2.05) is 37.4 Å². The van der Waals surface area contributed by atoms with Crippen LogP contribution >= 0.6 is 24.0 Å². The highest BCUT2D eigenvalue weighted by Crippen LogP contribution is 2.22. The molecule has 0 unspecified atom stereocenters. The second-order valence-electron chi connectivity index (χ2n) is 6.25. The van der Waals surface area contributed by atoms with Gasteiger partial charge in [0.05, 0.1) is 26.5 Å². The van der Waals surface area contributed by atoms with Gasteiger partial charge in [-0.2, -0.15) is 0 Å². The van der Waals surface area contributed by atoms with Crippen LogP contribution < -0.4 is 19.7 Å². The van der Waals surface area contributed by atoms with Gasteiger partial charge in [0.2, 0.25) is 5.88 Å². The van der Waals surface area contributed by atoms with Crippen LogP contribution in [0.15, 0.2) is 47.5 Å². The number of nitrogens with zero attached hydrogens (tertiary/aromatic N) is 4. The lowest BCUT2D eigenvalue weighted by Gasteiger charge is -2.37. The van der Waals surface area contributed by atoms with Gasteiger partial charge in [0.1, 0.15) is 5.75 Å². The van der Waals surface area contributed by atoms with Gasteiger partial charge in [-0.25, -0.2) is 4.98 Å². The molecule has 0 atom stereocenters. The molecular weight excluding hydrogens is 469 g/mol. The lowest BCUT2D eigenvalue weighted by Crippen LogP contribution is -2.52. The molecule has 0 bridgehead atoms. The average molecular weight is 497 g/mol. The Bertz CT molecular complexity index is 779. The summed E-state index contributed by atoms with van der Waals surface area (Å²) in [6.07, 6.45) is 0. The molecule has 1 aromatic heterocycles. The Balaban J connectivity index is 0.00000280. The number of hydrogen-bond acceptors (Lipinski definition) is 5. The predicted octanol–water partition coefficient (Wildman–Crippen LogP) is 2.61. The number of aliphatic imine (C=N–C) groups is 1. The van der Waals surface area contributed by atoms with Gasteiger partial charge in [-0.1, -0.05) is 12.1 Å². The normalized spacial score (nSPS) is 14.3. The van der Waals surface area contributed by atoms with Crippen LogP contribution in [0, 0.1) is 0 Å². The molecule has 1 aliphatic heterocycles. The van der Waals surface area contributed by atoms with Crippen molar-refractivity contribution in [2.45, 2.75) is 6.54 Å². The van der Waals surface area contributed by atoms with Crippen molar-refractivity contribution in [2.75, 3.05) is 52.3 Å². The summed E-state index contributed by atoms with van der Waals surface area (Å²) in [5, 5.41) is 3.40. The number of halogens is 1. The van der Waals surface area contributed by atoms with E-state index in [1.165, 1.54) is 5.69 Å². The molecule has 1 aliphatic rings. The van der Waals surface area contributed by atoms with Gasteiger partial charge in [0, 0.05) is 51.0 Å². The Kier molecular flexibility index (Phi) is 8.62. The summed E-state index contributed by atoms with van der Waals surface area (Å²) in [5.74, 6) is 2.40. The zero-order valence-electron chi connectivity index (χ0n) is 16.6. The summed E-state index contributed by atoms with van der Waals surface area (Å²) in [6, 6.07) is 14.0. The van der Waals surface area contributed by atoms with E-state index in [4.69, 9.17) is 9.47 Å². The average Bonchev–Trinajstić information content (AvgIpc) is 2.75. The Labute approximate surface area is 183 Å². The molecule has 0 radical (unpaired) electrons. The number of rotatable bonds is 5. The first-order valence-electron chi connectivity index (χ1n) is 9.08. The molecule has 1 N–H and O–H groups in total. The number of ether oxygens (including phenoxy) is 2. The number of methoxy groups -OCH3 is 2. The number of guanidine groups is 1. The van der Waals surface area contributed by atoms with E-state index in [-0.39, 0.29) is 24.0 Å². The molecule has 152 valence electrons. The molecule has 0 aliphatic carbocycles. The first kappa shape index (κ1) is 22.1. The van der Waals surface area contributed by atoms with E-state index < -0.39 is 0 Å². The maximum atomic E-state index is 5.33. The van der Waals surface area contributed by atoms with Gasteiger partial charge in [-0.3, -0.25) is 4.99 Å². The molecule has 1 aromatic carbocycles. The first-order valence-corrected chi connectivity index (χ1v) is 9.08. The van der Waals surface area contributed by atoms with Crippen LogP contribution in [0.4, 0.5) is 5.69 Å². The van der Waals surface area contributed by atoms with Crippen molar-refractivity contribution in [3.63, 3.8) is 0 Å². The third kappa shape index (κ3) is 5.63. The Morgan fingerprint density at radius 2 is 1.82 bits per heavy atom. The zero-order valence-corrected chi connectivity index (χ0v) is 18.9. The predicted molar refractivity (Wildman–Crippen MR) is 123 cm³/mol. The second-order valence-corrected chi connectivity index (χ2v) is 6.25. The lowest BCUT2D eigenvalue weighted by atomic mass is 10.2. The van der Waals surface area contributed by atoms with Crippen molar-refractivity contribution in [1.29, 1.82) is 0 Å². The molecule has 1 saturated heterocycles. The third-order valence-corrected chi connectivity index (χ3v) is 4.63. The second kappa shape index (κ2) is 10.9. The number of benzene rings is 1. The van der Waals surface area contributed by atoms with E-state index in [0.717, 1.165) is 43.6 Å². The fourth-order valence-corrected chi connectivity index (χ4v) is 3.16. The van der Waals surface area contributed by atoms with Crippen molar-refractivity contribution in [2.24, 2.45) is 4.99 Å². The molecule has 8 heteroatoms. The van der Waals surface area contributed by atoms with Crippen molar-refractivity contribution >= 4 is 35.6 Å². The molecule has 0 amide bonds. The molecule has 3 rings (SSSR count). The standard InChI is InChI=1S/C20H27N5O2.HI/c1-21-20(22-15-16-6-4-9-19(23-16)27-3)25-12-10-24(11-13-25)17-7-5-8-18(14-17)26-2;/h4-9,14H,10-13,15H2,1-3H3,(H,21,22);1H. The number of hydrogen-bond donors (Lipinski definition) is 1. The number of piperazine rings is 1. The van der Waals surface area contributed by atoms with E-state index in [2.05, 4.69) is 37.2 Å². The third-order valence-electron chi connectivity index (χ3n) is 4.63. The number of pyridine rings is 1. The zero-order chi connectivity index (χ0) is 19.1. The van der Waals surface area contributed by atoms with Gasteiger partial charge in [0.25, 0.3) is 0 Å². The van der Waals surface area contributed by atoms with Gasteiger partial charge in [0.15, 0.2) is 5.96 Å². The van der Waals surface area contributed by atoms with Gasteiger partial charge in [-0.05, 0) is 18.2 Å². The first-order chi connectivity index (χ1) is 13.2. The van der Waals surface area contributed by atoms with Gasteiger partial charge in [-0.15, -0.1) is 24.0 Å². The Morgan fingerprint density at radius 1 is 1.07 bits per heavy atom. The summed E-state index contributed by atoms with van der Waals surface area (Å²) >= 11 is 0. The molecular formula is C20H28IN5O2. The van der Waals surface area contributed by atoms with Crippen LogP contribution in [-0.4, -0.2) is 63.3 Å². The minimum Gasteiger partial charge on any atom is -0.497 e. The maximum absolute atomic E-state index is 5.33. The Morgan fingerprint density at radius 3 is 2.50 bits per heavy atom. The largest absolute Gasteiger partial charge is 0.497 e. The molecule has 2 aromatic rings. The smallest absolute Gasteiger partial charge is 0.213 e. The maximum Gasteiger partial charge on any atom is 0.213 e. The highest BCUT2D eigenvalue weighted by molar-refractivity contribution is 14.0. The minimum atomic E-state index is 0. The van der Waals surface area contributed by atoms with Crippen LogP contribution in [-0.2, 0) is 6.54 Å². The van der Waals surface area contributed by atoms with Crippen molar-refractivity contribution < 1.29 is 9.47 Å². The quantitative estimate of drug-likeness (QED) is 0.390. The van der Waals surface area contributed by atoms with E-state index in [0.29, 0.717) is 12.4 Å². The van der Waals surface area contributed by atoms with Gasteiger partial charge >= 0.3 is 0 Å². The summed E-state index contributed by atoms with van der Waals surface area (Å²) < 4.78 is 10.5. The van der Waals surface area contributed by atoms with E-state index >= 15 is 0 Å². The molecule has 2 heterocycles. The number of anilines is 1. The lowest BCUT2D eigenvalue weighted by molar-refractivity contribution is 0.371. The van der Waals surface area contributed by atoms with Crippen molar-refractivity contribution in [1.82, 2.24) is 15.2 Å². The monoisotopic (exact) mass is 497 g/mol. The Hall–Kier alpha value is -2.23. The van der Waals surface area contributed by atoms with Crippen LogP contribution in [0.25, 0.3) is 0 Å². The summed E-state index contributed by atoms with van der Waals surface area (Å²) in [4.78, 5) is 13.5. The van der Waals surface area contributed by atoms with E-state index in [9.17, 15) is 0 Å². The molecule has 1 fully saturated rings. The van der Waals surface area contributed by atoms with Gasteiger partial charge < -0.3 is 24.6 Å². The van der Waals surface area contributed by atoms with E-state index in [1.54, 1.807) is 14.2 Å². The fourth-order valence-electron chi connectivity index (χ4n) is 3.16. The summed E-state index contributed by atoms with van der Waals surface area (Å²) in [7, 11) is 5.14. The topological polar surface area (TPSA) is 62.2 Å². The summed E-state index contributed by atoms with van der Waals surface area (Å²) in [6.45, 7) is 4.29. The van der Waals surface area contributed by atoms with Crippen LogP contribution in [0.2, 0.25) is 0 Å². The summed E-state index contributed by atoms with van der Waals surface area (Å²) in [5.41, 5.74) is 2.11.